The first-order valence-corrected chi connectivity index (χ1v) is 19.4. The second-order valence-corrected chi connectivity index (χ2v) is 17.9. The summed E-state index contributed by atoms with van der Waals surface area (Å²) in [5, 5.41) is 9.70. The number of nitrogens with zero attached hydrogens (tertiary/aromatic N) is 9. The maximum atomic E-state index is 14.3. The summed E-state index contributed by atoms with van der Waals surface area (Å²) >= 11 is 1.21. The van der Waals surface area contributed by atoms with Gasteiger partial charge in [0.1, 0.15) is 27.6 Å². The fourth-order valence-corrected chi connectivity index (χ4v) is 7.50. The molecule has 2 fully saturated rings. The van der Waals surface area contributed by atoms with Gasteiger partial charge in [-0.05, 0) is 106 Å². The molecule has 15 nitrogen and oxygen atoms in total. The number of aryl methyl sites for hydroxylation is 1. The zero-order valence-corrected chi connectivity index (χ0v) is 33.9. The molecule has 0 aromatic carbocycles. The van der Waals surface area contributed by atoms with Crippen molar-refractivity contribution in [2.75, 3.05) is 31.1 Å². The molecule has 4 aromatic rings. The number of hydrogen-bond donors (Lipinski definition) is 0. The van der Waals surface area contributed by atoms with Crippen LogP contribution in [0, 0.1) is 0 Å². The summed E-state index contributed by atoms with van der Waals surface area (Å²) in [6.07, 6.45) is 7.08. The Morgan fingerprint density at radius 3 is 2.04 bits per heavy atom. The molecule has 2 aliphatic heterocycles. The van der Waals surface area contributed by atoms with Gasteiger partial charge in [0, 0.05) is 68.5 Å². The first kappa shape index (κ1) is 39.0. The molecular weight excluding hydrogens is 711 g/mol. The number of amides is 3. The van der Waals surface area contributed by atoms with E-state index in [4.69, 9.17) is 28.7 Å². The van der Waals surface area contributed by atoms with Crippen molar-refractivity contribution in [2.24, 2.45) is 7.05 Å². The molecule has 4 aromatic heterocycles. The number of aromatic nitrogens is 6. The lowest BCUT2D eigenvalue weighted by Crippen LogP contribution is -2.42. The number of fused-ring (bicyclic) bond motifs is 1. The predicted octanol–water partition coefficient (Wildman–Crippen LogP) is 7.89. The van der Waals surface area contributed by atoms with Crippen LogP contribution in [0.5, 0.6) is 0 Å². The van der Waals surface area contributed by atoms with Crippen LogP contribution < -0.4 is 4.90 Å². The average Bonchev–Trinajstić information content (AvgIpc) is 3.83. The minimum atomic E-state index is -0.797. The maximum Gasteiger partial charge on any atom is 0.421 e. The van der Waals surface area contributed by atoms with Crippen molar-refractivity contribution >= 4 is 46.3 Å². The molecule has 16 heteroatoms. The zero-order chi connectivity index (χ0) is 39.2. The lowest BCUT2D eigenvalue weighted by atomic mass is 9.94. The van der Waals surface area contributed by atoms with E-state index in [1.165, 1.54) is 16.4 Å². The smallest absolute Gasteiger partial charge is 0.421 e. The largest absolute Gasteiger partial charge is 0.444 e. The van der Waals surface area contributed by atoms with E-state index in [1.807, 2.05) is 87.7 Å². The molecule has 1 atom stereocenters. The SMILES string of the molecule is Cn1cc(-c2cnn3c(N(C(=O)OC(C)(C)C)c4cc(C5CCN(C(=O)OC(C)(C)C)CC5)ns4)cc(C4CCCN(C(=O)OC(C)(C)C)C4)nc23)cn1. The van der Waals surface area contributed by atoms with Crippen molar-refractivity contribution in [1.82, 2.24) is 38.6 Å². The Bertz CT molecular complexity index is 1990. The molecule has 0 aliphatic carbocycles. The van der Waals surface area contributed by atoms with Gasteiger partial charge in [-0.2, -0.15) is 19.1 Å². The third-order valence-corrected chi connectivity index (χ3v) is 9.88. The van der Waals surface area contributed by atoms with Crippen LogP contribution in [0.2, 0.25) is 0 Å². The fraction of sp³-hybridized carbons (Fsp3) is 0.605. The molecular formula is C38H53N9O6S. The molecule has 2 aliphatic rings. The lowest BCUT2D eigenvalue weighted by molar-refractivity contribution is 0.0190. The summed E-state index contributed by atoms with van der Waals surface area (Å²) in [5.74, 6) is 0.383. The van der Waals surface area contributed by atoms with Crippen LogP contribution in [0.4, 0.5) is 25.2 Å². The van der Waals surface area contributed by atoms with E-state index in [0.29, 0.717) is 61.2 Å². The van der Waals surface area contributed by atoms with E-state index in [9.17, 15) is 14.4 Å². The van der Waals surface area contributed by atoms with E-state index < -0.39 is 22.9 Å². The highest BCUT2D eigenvalue weighted by Crippen LogP contribution is 2.39. The van der Waals surface area contributed by atoms with Gasteiger partial charge in [-0.3, -0.25) is 4.68 Å². The summed E-state index contributed by atoms with van der Waals surface area (Å²) < 4.78 is 25.6. The van der Waals surface area contributed by atoms with Crippen molar-refractivity contribution in [1.29, 1.82) is 0 Å². The second kappa shape index (κ2) is 14.8. The fourth-order valence-electron chi connectivity index (χ4n) is 6.67. The predicted molar refractivity (Wildman–Crippen MR) is 205 cm³/mol. The van der Waals surface area contributed by atoms with Crippen molar-refractivity contribution < 1.29 is 28.6 Å². The number of carbonyl (C=O) groups excluding carboxylic acids is 3. The van der Waals surface area contributed by atoms with Gasteiger partial charge < -0.3 is 24.0 Å². The number of rotatable bonds is 5. The first-order chi connectivity index (χ1) is 25.2. The second-order valence-electron chi connectivity index (χ2n) is 17.1. The Morgan fingerprint density at radius 1 is 0.778 bits per heavy atom. The number of piperidine rings is 2. The van der Waals surface area contributed by atoms with Gasteiger partial charge in [0.25, 0.3) is 0 Å². The quantitative estimate of drug-likeness (QED) is 0.184. The highest BCUT2D eigenvalue weighted by molar-refractivity contribution is 7.10. The molecule has 6 rings (SSSR count). The minimum Gasteiger partial charge on any atom is -0.444 e. The standard InChI is InChI=1S/C38H53N9O6S/c1-36(2,3)51-33(48)44-16-13-24(14-17-44)29-19-31(54-42-29)46(35(50)53-38(7,8)9)30-18-28(25-12-11-15-45(23-25)34(49)52-37(4,5)6)41-32-27(21-40-47(30)32)26-20-39-43(10)22-26/h18-22,24-25H,11-17,23H2,1-10H3. The molecule has 0 N–H and O–H groups in total. The molecule has 6 heterocycles. The third kappa shape index (κ3) is 9.13. The van der Waals surface area contributed by atoms with Gasteiger partial charge in [0.15, 0.2) is 5.65 Å². The minimum absolute atomic E-state index is 0.0881. The van der Waals surface area contributed by atoms with E-state index in [1.54, 1.807) is 31.4 Å². The summed E-state index contributed by atoms with van der Waals surface area (Å²) in [6.45, 7) is 18.7. The summed E-state index contributed by atoms with van der Waals surface area (Å²) in [4.78, 5) is 50.4. The van der Waals surface area contributed by atoms with Gasteiger partial charge in [-0.1, -0.05) is 0 Å². The van der Waals surface area contributed by atoms with Crippen LogP contribution in [0.15, 0.2) is 30.7 Å². The van der Waals surface area contributed by atoms with Crippen molar-refractivity contribution in [3.63, 3.8) is 0 Å². The molecule has 3 amide bonds. The van der Waals surface area contributed by atoms with Crippen LogP contribution in [0.1, 0.15) is 111 Å². The van der Waals surface area contributed by atoms with Crippen LogP contribution in [0.25, 0.3) is 16.8 Å². The Kier molecular flexibility index (Phi) is 10.7. The van der Waals surface area contributed by atoms with Gasteiger partial charge in [0.05, 0.1) is 23.8 Å². The third-order valence-electron chi connectivity index (χ3n) is 9.09. The summed E-state index contributed by atoms with van der Waals surface area (Å²) in [6, 6.07) is 3.81. The number of hydrogen-bond acceptors (Lipinski definition) is 11. The van der Waals surface area contributed by atoms with Gasteiger partial charge in [-0.25, -0.2) is 24.3 Å². The normalized spacial score (nSPS) is 17.5. The molecule has 2 saturated heterocycles. The van der Waals surface area contributed by atoms with E-state index >= 15 is 0 Å². The molecule has 292 valence electrons. The highest BCUT2D eigenvalue weighted by atomic mass is 32.1. The number of anilines is 2. The zero-order valence-electron chi connectivity index (χ0n) is 33.1. The van der Waals surface area contributed by atoms with Gasteiger partial charge in [0.2, 0.25) is 0 Å². The first-order valence-electron chi connectivity index (χ1n) is 18.6. The van der Waals surface area contributed by atoms with Crippen LogP contribution in [0.3, 0.4) is 0 Å². The molecule has 1 unspecified atom stereocenters. The Hall–Kier alpha value is -4.73. The monoisotopic (exact) mass is 763 g/mol. The van der Waals surface area contributed by atoms with Crippen LogP contribution >= 0.6 is 11.5 Å². The number of ether oxygens (including phenoxy) is 3. The van der Waals surface area contributed by atoms with E-state index in [-0.39, 0.29) is 24.0 Å². The van der Waals surface area contributed by atoms with Crippen molar-refractivity contribution in [2.45, 2.75) is 117 Å². The Morgan fingerprint density at radius 2 is 1.43 bits per heavy atom. The summed E-state index contributed by atoms with van der Waals surface area (Å²) in [5.41, 5.74) is 1.68. The molecule has 0 radical (unpaired) electrons. The molecule has 0 saturated carbocycles. The van der Waals surface area contributed by atoms with Gasteiger partial charge in [-0.15, -0.1) is 0 Å². The number of likely N-dealkylation sites (tertiary alicyclic amines) is 2. The molecule has 54 heavy (non-hydrogen) atoms. The van der Waals surface area contributed by atoms with Crippen molar-refractivity contribution in [3.05, 3.63) is 42.1 Å². The van der Waals surface area contributed by atoms with Crippen LogP contribution in [-0.2, 0) is 21.3 Å². The van der Waals surface area contributed by atoms with Crippen LogP contribution in [-0.4, -0.2) is 99.8 Å². The molecule has 0 spiro atoms. The molecule has 0 bridgehead atoms. The maximum absolute atomic E-state index is 14.3. The Balaban J connectivity index is 1.39. The highest BCUT2D eigenvalue weighted by Gasteiger charge is 2.35. The van der Waals surface area contributed by atoms with E-state index in [0.717, 1.165) is 29.7 Å². The average molecular weight is 764 g/mol. The topological polar surface area (TPSA) is 150 Å². The Labute approximate surface area is 320 Å². The summed E-state index contributed by atoms with van der Waals surface area (Å²) in [7, 11) is 1.85. The lowest BCUT2D eigenvalue weighted by Gasteiger charge is -2.34. The van der Waals surface area contributed by atoms with Gasteiger partial charge >= 0.3 is 18.3 Å². The number of carbonyl (C=O) groups is 3. The van der Waals surface area contributed by atoms with E-state index in [2.05, 4.69) is 5.10 Å². The van der Waals surface area contributed by atoms with Crippen molar-refractivity contribution in [3.8, 4) is 11.1 Å².